The fourth-order valence-electron chi connectivity index (χ4n) is 1.26. The maximum atomic E-state index is 11.7. The van der Waals surface area contributed by atoms with Gasteiger partial charge >= 0.3 is 0 Å². The molecule has 0 spiro atoms. The molecule has 76 valence electrons. The Morgan fingerprint density at radius 2 is 2.00 bits per heavy atom. The summed E-state index contributed by atoms with van der Waals surface area (Å²) in [4.78, 5) is 13.3. The zero-order chi connectivity index (χ0) is 10.6. The third-order valence-electron chi connectivity index (χ3n) is 1.93. The lowest BCUT2D eigenvalue weighted by molar-refractivity contribution is 0.0828. The molecule has 1 amide bonds. The molecule has 0 aliphatic rings. The number of hydrogen-bond donors (Lipinski definition) is 1. The standard InChI is InChI=1S/C11H16N2O/c1-4-12-10-8-6-5-7-9(10)11(14)13(2)3/h5-8,12H,4H2,1-3H3. The quantitative estimate of drug-likeness (QED) is 0.792. The minimum absolute atomic E-state index is 0.0292. The Hall–Kier alpha value is -1.51. The lowest BCUT2D eigenvalue weighted by Gasteiger charge is -2.14. The normalized spacial score (nSPS) is 9.64. The number of benzene rings is 1. The highest BCUT2D eigenvalue weighted by molar-refractivity contribution is 5.99. The molecule has 0 saturated carbocycles. The highest BCUT2D eigenvalue weighted by Gasteiger charge is 2.11. The van der Waals surface area contributed by atoms with E-state index in [0.29, 0.717) is 0 Å². The van der Waals surface area contributed by atoms with Gasteiger partial charge in [-0.15, -0.1) is 0 Å². The second-order valence-electron chi connectivity index (χ2n) is 3.28. The van der Waals surface area contributed by atoms with Gasteiger partial charge in [-0.1, -0.05) is 12.1 Å². The summed E-state index contributed by atoms with van der Waals surface area (Å²) >= 11 is 0. The number of nitrogens with one attached hydrogen (secondary N) is 1. The second kappa shape index (κ2) is 4.65. The van der Waals surface area contributed by atoms with Crippen molar-refractivity contribution in [3.8, 4) is 0 Å². The van der Waals surface area contributed by atoms with Crippen molar-refractivity contribution in [1.82, 2.24) is 4.90 Å². The fraction of sp³-hybridized carbons (Fsp3) is 0.364. The Morgan fingerprint density at radius 1 is 1.36 bits per heavy atom. The third kappa shape index (κ3) is 2.25. The Morgan fingerprint density at radius 3 is 2.57 bits per heavy atom. The van der Waals surface area contributed by atoms with Crippen LogP contribution in [0.25, 0.3) is 0 Å². The van der Waals surface area contributed by atoms with Crippen LogP contribution in [0.2, 0.25) is 0 Å². The van der Waals surface area contributed by atoms with Crippen LogP contribution in [0.1, 0.15) is 17.3 Å². The van der Waals surface area contributed by atoms with Crippen LogP contribution in [0.3, 0.4) is 0 Å². The molecule has 0 unspecified atom stereocenters. The van der Waals surface area contributed by atoms with Crippen LogP contribution in [0.4, 0.5) is 5.69 Å². The van der Waals surface area contributed by atoms with E-state index in [9.17, 15) is 4.79 Å². The molecule has 0 aliphatic heterocycles. The number of nitrogens with zero attached hydrogens (tertiary/aromatic N) is 1. The molecule has 0 bridgehead atoms. The van der Waals surface area contributed by atoms with Crippen LogP contribution in [0, 0.1) is 0 Å². The SMILES string of the molecule is CCNc1ccccc1C(=O)N(C)C. The largest absolute Gasteiger partial charge is 0.385 e. The predicted molar refractivity (Wildman–Crippen MR) is 58.6 cm³/mol. The van der Waals surface area contributed by atoms with E-state index in [1.165, 1.54) is 0 Å². The highest BCUT2D eigenvalue weighted by atomic mass is 16.2. The first-order chi connectivity index (χ1) is 6.66. The second-order valence-corrected chi connectivity index (χ2v) is 3.28. The van der Waals surface area contributed by atoms with Crippen molar-refractivity contribution in [2.45, 2.75) is 6.92 Å². The van der Waals surface area contributed by atoms with Crippen molar-refractivity contribution in [1.29, 1.82) is 0 Å². The zero-order valence-corrected chi connectivity index (χ0v) is 8.87. The van der Waals surface area contributed by atoms with Gasteiger partial charge in [-0.2, -0.15) is 0 Å². The van der Waals surface area contributed by atoms with Gasteiger partial charge in [0.05, 0.1) is 5.56 Å². The Bertz CT molecular complexity index is 321. The molecular formula is C11H16N2O. The molecule has 0 atom stereocenters. The molecule has 1 N–H and O–H groups in total. The van der Waals surface area contributed by atoms with Gasteiger partial charge in [0.1, 0.15) is 0 Å². The van der Waals surface area contributed by atoms with Crippen LogP contribution < -0.4 is 5.32 Å². The summed E-state index contributed by atoms with van der Waals surface area (Å²) in [5.41, 5.74) is 1.62. The van der Waals surface area contributed by atoms with Crippen LogP contribution in [-0.2, 0) is 0 Å². The van der Waals surface area contributed by atoms with Crippen molar-refractivity contribution in [2.24, 2.45) is 0 Å². The summed E-state index contributed by atoms with van der Waals surface area (Å²) in [5.74, 6) is 0.0292. The summed E-state index contributed by atoms with van der Waals surface area (Å²) in [6, 6.07) is 7.54. The van der Waals surface area contributed by atoms with E-state index in [-0.39, 0.29) is 5.91 Å². The van der Waals surface area contributed by atoms with E-state index in [0.717, 1.165) is 17.8 Å². The van der Waals surface area contributed by atoms with E-state index < -0.39 is 0 Å². The van der Waals surface area contributed by atoms with Crippen molar-refractivity contribution >= 4 is 11.6 Å². The fourth-order valence-corrected chi connectivity index (χ4v) is 1.26. The molecule has 0 heterocycles. The molecule has 0 aromatic heterocycles. The smallest absolute Gasteiger partial charge is 0.255 e. The first kappa shape index (κ1) is 10.6. The van der Waals surface area contributed by atoms with Crippen LogP contribution in [0.15, 0.2) is 24.3 Å². The van der Waals surface area contributed by atoms with Crippen molar-refractivity contribution in [3.63, 3.8) is 0 Å². The van der Waals surface area contributed by atoms with Crippen LogP contribution >= 0.6 is 0 Å². The molecule has 0 aliphatic carbocycles. The number of hydrogen-bond acceptors (Lipinski definition) is 2. The Balaban J connectivity index is 3.00. The molecule has 1 rings (SSSR count). The summed E-state index contributed by atoms with van der Waals surface area (Å²) < 4.78 is 0. The van der Waals surface area contributed by atoms with Gasteiger partial charge in [0.15, 0.2) is 0 Å². The highest BCUT2D eigenvalue weighted by Crippen LogP contribution is 2.15. The van der Waals surface area contributed by atoms with Crippen LogP contribution in [-0.4, -0.2) is 31.4 Å². The van der Waals surface area contributed by atoms with Crippen LogP contribution in [0.5, 0.6) is 0 Å². The predicted octanol–water partition coefficient (Wildman–Crippen LogP) is 1.82. The van der Waals surface area contributed by atoms with E-state index in [2.05, 4.69) is 5.32 Å². The monoisotopic (exact) mass is 192 g/mol. The molecule has 0 fully saturated rings. The van der Waals surface area contributed by atoms with E-state index >= 15 is 0 Å². The van der Waals surface area contributed by atoms with Gasteiger partial charge in [0, 0.05) is 26.3 Å². The third-order valence-corrected chi connectivity index (χ3v) is 1.93. The average Bonchev–Trinajstić information content (AvgIpc) is 2.18. The van der Waals surface area contributed by atoms with E-state index in [4.69, 9.17) is 0 Å². The van der Waals surface area contributed by atoms with Gasteiger partial charge in [-0.05, 0) is 19.1 Å². The molecule has 0 radical (unpaired) electrons. The number of amides is 1. The summed E-state index contributed by atoms with van der Waals surface area (Å²) in [7, 11) is 3.51. The molecule has 1 aromatic rings. The van der Waals surface area contributed by atoms with Gasteiger partial charge in [0.25, 0.3) is 5.91 Å². The molecular weight excluding hydrogens is 176 g/mol. The van der Waals surface area contributed by atoms with Crippen molar-refractivity contribution < 1.29 is 4.79 Å². The first-order valence-corrected chi connectivity index (χ1v) is 4.71. The molecule has 3 heteroatoms. The number of carbonyl (C=O) groups is 1. The average molecular weight is 192 g/mol. The van der Waals surface area contributed by atoms with Crippen molar-refractivity contribution in [2.75, 3.05) is 26.0 Å². The maximum absolute atomic E-state index is 11.7. The number of anilines is 1. The topological polar surface area (TPSA) is 32.3 Å². The van der Waals surface area contributed by atoms with E-state index in [1.54, 1.807) is 19.0 Å². The first-order valence-electron chi connectivity index (χ1n) is 4.71. The Labute approximate surface area is 84.7 Å². The van der Waals surface area contributed by atoms with Crippen molar-refractivity contribution in [3.05, 3.63) is 29.8 Å². The number of carbonyl (C=O) groups excluding carboxylic acids is 1. The maximum Gasteiger partial charge on any atom is 0.255 e. The molecule has 3 nitrogen and oxygen atoms in total. The summed E-state index contributed by atoms with van der Waals surface area (Å²) in [5, 5.41) is 3.16. The van der Waals surface area contributed by atoms with Gasteiger partial charge in [0.2, 0.25) is 0 Å². The summed E-state index contributed by atoms with van der Waals surface area (Å²) in [6.45, 7) is 2.83. The minimum atomic E-state index is 0.0292. The molecule has 0 saturated heterocycles. The van der Waals surface area contributed by atoms with Gasteiger partial charge in [-0.25, -0.2) is 0 Å². The number of rotatable bonds is 3. The zero-order valence-electron chi connectivity index (χ0n) is 8.87. The van der Waals surface area contributed by atoms with Gasteiger partial charge < -0.3 is 10.2 Å². The lowest BCUT2D eigenvalue weighted by atomic mass is 10.1. The summed E-state index contributed by atoms with van der Waals surface area (Å²) in [6.07, 6.45) is 0. The molecule has 1 aromatic carbocycles. The molecule has 14 heavy (non-hydrogen) atoms. The minimum Gasteiger partial charge on any atom is -0.385 e. The van der Waals surface area contributed by atoms with Gasteiger partial charge in [-0.3, -0.25) is 4.79 Å². The Kier molecular flexibility index (Phi) is 3.51. The van der Waals surface area contributed by atoms with E-state index in [1.807, 2.05) is 31.2 Å². The number of para-hydroxylation sites is 1. The lowest BCUT2D eigenvalue weighted by Crippen LogP contribution is -2.22.